The summed E-state index contributed by atoms with van der Waals surface area (Å²) in [6, 6.07) is 3.91. The van der Waals surface area contributed by atoms with Gasteiger partial charge < -0.3 is 5.32 Å². The number of ketones is 1. The molecule has 2 aliphatic rings. The van der Waals surface area contributed by atoms with Crippen molar-refractivity contribution in [1.82, 2.24) is 9.13 Å². The lowest BCUT2D eigenvalue weighted by atomic mass is 9.70. The van der Waals surface area contributed by atoms with Crippen LogP contribution in [0, 0.1) is 11.3 Å². The molecule has 7 heteroatoms. The molecule has 0 saturated heterocycles. The highest BCUT2D eigenvalue weighted by Gasteiger charge is 2.43. The molecule has 4 rings (SSSR count). The van der Waals surface area contributed by atoms with Crippen LogP contribution in [-0.4, -0.2) is 14.9 Å². The van der Waals surface area contributed by atoms with Gasteiger partial charge in [0.1, 0.15) is 5.82 Å². The maximum atomic E-state index is 13.3. The van der Waals surface area contributed by atoms with Crippen molar-refractivity contribution in [2.45, 2.75) is 53.0 Å². The monoisotopic (exact) mass is 413 g/mol. The first-order chi connectivity index (χ1) is 13.6. The van der Waals surface area contributed by atoms with E-state index >= 15 is 0 Å². The maximum Gasteiger partial charge on any atom is 0.332 e. The molecule has 0 aromatic carbocycles. The molecule has 154 valence electrons. The van der Waals surface area contributed by atoms with Crippen LogP contribution in [0.1, 0.15) is 56.9 Å². The fourth-order valence-corrected chi connectivity index (χ4v) is 5.37. The summed E-state index contributed by atoms with van der Waals surface area (Å²) in [5.41, 5.74) is 1.21. The first-order valence-electron chi connectivity index (χ1n) is 10.0. The number of fused-ring (bicyclic) bond motifs is 1. The third kappa shape index (κ3) is 3.21. The van der Waals surface area contributed by atoms with Gasteiger partial charge in [0.05, 0.1) is 11.5 Å². The molecule has 0 saturated carbocycles. The van der Waals surface area contributed by atoms with Crippen LogP contribution >= 0.6 is 11.3 Å². The number of rotatable bonds is 3. The molecule has 0 fully saturated rings. The summed E-state index contributed by atoms with van der Waals surface area (Å²) in [5.74, 6) is 0.435. The molecule has 1 atom stereocenters. The van der Waals surface area contributed by atoms with Gasteiger partial charge in [-0.1, -0.05) is 33.8 Å². The molecule has 0 bridgehead atoms. The molecular weight excluding hydrogens is 386 g/mol. The van der Waals surface area contributed by atoms with Crippen LogP contribution in [0.5, 0.6) is 0 Å². The van der Waals surface area contributed by atoms with Gasteiger partial charge >= 0.3 is 5.69 Å². The van der Waals surface area contributed by atoms with E-state index in [0.29, 0.717) is 36.3 Å². The van der Waals surface area contributed by atoms with E-state index in [4.69, 9.17) is 0 Å². The second-order valence-electron chi connectivity index (χ2n) is 9.32. The predicted molar refractivity (Wildman–Crippen MR) is 116 cm³/mol. The lowest BCUT2D eigenvalue weighted by Gasteiger charge is -2.39. The van der Waals surface area contributed by atoms with E-state index in [1.54, 1.807) is 4.57 Å². The van der Waals surface area contributed by atoms with E-state index in [1.807, 2.05) is 31.4 Å². The number of hydrogen-bond acceptors (Lipinski definition) is 5. The highest BCUT2D eigenvalue weighted by molar-refractivity contribution is 7.10. The van der Waals surface area contributed by atoms with Gasteiger partial charge in [0, 0.05) is 36.2 Å². The number of thiophene rings is 1. The topological polar surface area (TPSA) is 73.1 Å². The second kappa shape index (κ2) is 6.83. The van der Waals surface area contributed by atoms with Crippen molar-refractivity contribution in [3.63, 3.8) is 0 Å². The summed E-state index contributed by atoms with van der Waals surface area (Å²) in [4.78, 5) is 40.4. The lowest BCUT2D eigenvalue weighted by molar-refractivity contribution is -0.118. The van der Waals surface area contributed by atoms with E-state index < -0.39 is 5.92 Å². The van der Waals surface area contributed by atoms with Gasteiger partial charge in [0.2, 0.25) is 0 Å². The molecular formula is C22H27N3O3S. The first-order valence-corrected chi connectivity index (χ1v) is 10.9. The van der Waals surface area contributed by atoms with Crippen LogP contribution in [0.15, 0.2) is 38.4 Å². The highest BCUT2D eigenvalue weighted by atomic mass is 32.1. The average Bonchev–Trinajstić information content (AvgIpc) is 3.15. The third-order valence-electron chi connectivity index (χ3n) is 5.72. The number of carbonyl (C=O) groups is 1. The van der Waals surface area contributed by atoms with Crippen molar-refractivity contribution in [2.24, 2.45) is 18.4 Å². The van der Waals surface area contributed by atoms with Gasteiger partial charge in [-0.25, -0.2) is 4.79 Å². The zero-order chi connectivity index (χ0) is 21.1. The number of anilines is 1. The standard InChI is InChI=1S/C22H27N3O3S/c1-12(2)11-25-19-18(20(27)24(5)21(25)28)17(15-7-6-8-29-15)16-13(23-19)9-22(3,4)10-14(16)26/h6-8,12,17,23H,9-11H2,1-5H3/t17-/m0/s1. The molecule has 0 amide bonds. The Morgan fingerprint density at radius 3 is 2.59 bits per heavy atom. The zero-order valence-electron chi connectivity index (χ0n) is 17.5. The van der Waals surface area contributed by atoms with Crippen molar-refractivity contribution >= 4 is 22.9 Å². The molecule has 1 N–H and O–H groups in total. The number of nitrogens with zero attached hydrogens (tertiary/aromatic N) is 2. The molecule has 3 heterocycles. The average molecular weight is 414 g/mol. The fourth-order valence-electron chi connectivity index (χ4n) is 4.53. The van der Waals surface area contributed by atoms with Gasteiger partial charge in [-0.15, -0.1) is 11.3 Å². The summed E-state index contributed by atoms with van der Waals surface area (Å²) >= 11 is 1.54. The van der Waals surface area contributed by atoms with Crippen molar-refractivity contribution in [1.29, 1.82) is 0 Å². The number of allylic oxidation sites excluding steroid dienone is 2. The highest BCUT2D eigenvalue weighted by Crippen LogP contribution is 2.48. The van der Waals surface area contributed by atoms with Crippen molar-refractivity contribution < 1.29 is 4.79 Å². The third-order valence-corrected chi connectivity index (χ3v) is 6.66. The minimum atomic E-state index is -0.428. The normalized spacial score (nSPS) is 20.5. The Morgan fingerprint density at radius 1 is 1.24 bits per heavy atom. The summed E-state index contributed by atoms with van der Waals surface area (Å²) < 4.78 is 2.84. The summed E-state index contributed by atoms with van der Waals surface area (Å²) in [5, 5.41) is 5.33. The largest absolute Gasteiger partial charge is 0.344 e. The summed E-state index contributed by atoms with van der Waals surface area (Å²) in [7, 11) is 1.52. The smallest absolute Gasteiger partial charge is 0.332 e. The van der Waals surface area contributed by atoms with Crippen LogP contribution in [0.4, 0.5) is 5.82 Å². The van der Waals surface area contributed by atoms with E-state index in [9.17, 15) is 14.4 Å². The lowest BCUT2D eigenvalue weighted by Crippen LogP contribution is -2.46. The summed E-state index contributed by atoms with van der Waals surface area (Å²) in [6.07, 6.45) is 1.16. The molecule has 0 radical (unpaired) electrons. The first kappa shape index (κ1) is 19.9. The van der Waals surface area contributed by atoms with Crippen molar-refractivity contribution in [3.8, 4) is 0 Å². The molecule has 1 aliphatic heterocycles. The zero-order valence-corrected chi connectivity index (χ0v) is 18.4. The van der Waals surface area contributed by atoms with E-state index in [0.717, 1.165) is 10.6 Å². The van der Waals surface area contributed by atoms with Crippen LogP contribution in [0.25, 0.3) is 0 Å². The minimum Gasteiger partial charge on any atom is -0.344 e. The second-order valence-corrected chi connectivity index (χ2v) is 10.3. The molecule has 6 nitrogen and oxygen atoms in total. The maximum absolute atomic E-state index is 13.3. The van der Waals surface area contributed by atoms with E-state index in [2.05, 4.69) is 19.2 Å². The molecule has 29 heavy (non-hydrogen) atoms. The van der Waals surface area contributed by atoms with Crippen LogP contribution < -0.4 is 16.6 Å². The quantitative estimate of drug-likeness (QED) is 0.836. The van der Waals surface area contributed by atoms with E-state index in [1.165, 1.54) is 23.0 Å². The van der Waals surface area contributed by atoms with Crippen LogP contribution in [-0.2, 0) is 18.4 Å². The fraction of sp³-hybridized carbons (Fsp3) is 0.500. The van der Waals surface area contributed by atoms with Gasteiger partial charge in [0.25, 0.3) is 5.56 Å². The number of Topliss-reactive ketones (excluding diaryl/α,β-unsaturated/α-hetero) is 1. The minimum absolute atomic E-state index is 0.0801. The van der Waals surface area contributed by atoms with Crippen molar-refractivity contribution in [3.05, 3.63) is 60.1 Å². The Labute approximate surface area is 173 Å². The number of nitrogens with one attached hydrogen (secondary N) is 1. The van der Waals surface area contributed by atoms with E-state index in [-0.39, 0.29) is 28.4 Å². The van der Waals surface area contributed by atoms with Gasteiger partial charge in [-0.05, 0) is 29.2 Å². The molecule has 2 aromatic heterocycles. The van der Waals surface area contributed by atoms with Crippen molar-refractivity contribution in [2.75, 3.05) is 5.32 Å². The molecule has 2 aromatic rings. The Morgan fingerprint density at radius 2 is 1.97 bits per heavy atom. The molecule has 0 spiro atoms. The van der Waals surface area contributed by atoms with Gasteiger partial charge in [-0.3, -0.25) is 18.7 Å². The molecule has 0 unspecified atom stereocenters. The Balaban J connectivity index is 2.06. The molecule has 1 aliphatic carbocycles. The summed E-state index contributed by atoms with van der Waals surface area (Å²) in [6.45, 7) is 8.75. The Bertz CT molecular complexity index is 1130. The number of hydrogen-bond donors (Lipinski definition) is 1. The predicted octanol–water partition coefficient (Wildman–Crippen LogP) is 3.47. The number of aromatic nitrogens is 2. The van der Waals surface area contributed by atoms with Gasteiger partial charge in [-0.2, -0.15) is 0 Å². The van der Waals surface area contributed by atoms with Crippen LogP contribution in [0.3, 0.4) is 0 Å². The Hall–Kier alpha value is -2.41. The number of carbonyl (C=O) groups excluding carboxylic acids is 1. The Kier molecular flexibility index (Phi) is 4.69. The SMILES string of the molecule is CC(C)Cn1c2c(c(=O)n(C)c1=O)[C@@H](c1cccs1)C1=C(CC(C)(C)CC1=O)N2. The van der Waals surface area contributed by atoms with Gasteiger partial charge in [0.15, 0.2) is 5.78 Å². The van der Waals surface area contributed by atoms with Crippen LogP contribution in [0.2, 0.25) is 0 Å².